The van der Waals surface area contributed by atoms with Gasteiger partial charge in [-0.2, -0.15) is 0 Å². The smallest absolute Gasteiger partial charge is 0.341 e. The van der Waals surface area contributed by atoms with E-state index in [-0.39, 0.29) is 24.4 Å². The Labute approximate surface area is 295 Å². The number of aliphatic hydroxyl groups excluding tert-OH is 2. The summed E-state index contributed by atoms with van der Waals surface area (Å²) >= 11 is 0. The van der Waals surface area contributed by atoms with Crippen LogP contribution >= 0.6 is 0 Å². The minimum atomic E-state index is -0.628. The van der Waals surface area contributed by atoms with Crippen molar-refractivity contribution in [1.29, 1.82) is 0 Å². The summed E-state index contributed by atoms with van der Waals surface area (Å²) in [7, 11) is 0. The third kappa shape index (κ3) is 11.6. The van der Waals surface area contributed by atoms with E-state index in [2.05, 4.69) is 74.7 Å². The molecule has 0 saturated heterocycles. The van der Waals surface area contributed by atoms with Crippen LogP contribution in [-0.4, -0.2) is 48.6 Å². The summed E-state index contributed by atoms with van der Waals surface area (Å²) in [5.41, 5.74) is 8.44. The Kier molecular flexibility index (Phi) is 15.0. The van der Waals surface area contributed by atoms with Crippen LogP contribution < -0.4 is 9.47 Å². The van der Waals surface area contributed by atoms with Gasteiger partial charge in [0.2, 0.25) is 0 Å². The number of aryl methyl sites for hydroxylation is 3. The molecule has 0 unspecified atom stereocenters. The molecule has 0 spiro atoms. The van der Waals surface area contributed by atoms with Gasteiger partial charge in [0.15, 0.2) is 0 Å². The quantitative estimate of drug-likeness (QED) is 0.0421. The lowest BCUT2D eigenvalue weighted by atomic mass is 9.91. The highest BCUT2D eigenvalue weighted by Gasteiger charge is 2.11. The van der Waals surface area contributed by atoms with Crippen molar-refractivity contribution in [3.8, 4) is 33.8 Å². The molecule has 0 radical (unpaired) electrons. The van der Waals surface area contributed by atoms with Crippen molar-refractivity contribution >= 4 is 11.9 Å². The number of ether oxygens (including phenoxy) is 3. The van der Waals surface area contributed by atoms with Crippen molar-refractivity contribution < 1.29 is 34.0 Å². The summed E-state index contributed by atoms with van der Waals surface area (Å²) in [6, 6.07) is 30.9. The first-order chi connectivity index (χ1) is 24.3. The normalized spacial score (nSPS) is 10.8. The van der Waals surface area contributed by atoms with Gasteiger partial charge in [-0.1, -0.05) is 112 Å². The second-order valence-corrected chi connectivity index (χ2v) is 12.3. The summed E-state index contributed by atoms with van der Waals surface area (Å²) in [5.74, 6) is -0.138. The molecule has 262 valence electrons. The van der Waals surface area contributed by atoms with Crippen LogP contribution in [0.25, 0.3) is 22.3 Å². The highest BCUT2D eigenvalue weighted by molar-refractivity contribution is 5.89. The molecular formula is C43H48O7. The second-order valence-electron chi connectivity index (χ2n) is 12.3. The Morgan fingerprint density at radius 3 is 1.80 bits per heavy atom. The number of esters is 2. The molecule has 0 fully saturated rings. The minimum Gasteiger partial charge on any atom is -0.490 e. The molecule has 0 saturated carbocycles. The topological polar surface area (TPSA) is 102 Å². The molecule has 0 aliphatic rings. The lowest BCUT2D eigenvalue weighted by Crippen LogP contribution is -2.14. The average Bonchev–Trinajstić information content (AvgIpc) is 3.15. The molecular weight excluding hydrogens is 628 g/mol. The van der Waals surface area contributed by atoms with E-state index in [1.807, 2.05) is 24.3 Å². The molecule has 50 heavy (non-hydrogen) atoms. The largest absolute Gasteiger partial charge is 0.490 e. The molecule has 0 atom stereocenters. The molecule has 0 heterocycles. The van der Waals surface area contributed by atoms with Gasteiger partial charge >= 0.3 is 11.9 Å². The van der Waals surface area contributed by atoms with Gasteiger partial charge in [-0.25, -0.2) is 9.59 Å². The van der Waals surface area contributed by atoms with Crippen molar-refractivity contribution in [1.82, 2.24) is 0 Å². The van der Waals surface area contributed by atoms with E-state index in [1.54, 1.807) is 12.1 Å². The number of hydrogen-bond acceptors (Lipinski definition) is 7. The maximum Gasteiger partial charge on any atom is 0.341 e. The van der Waals surface area contributed by atoms with E-state index in [0.717, 1.165) is 36.8 Å². The Morgan fingerprint density at radius 2 is 1.16 bits per heavy atom. The molecule has 7 heteroatoms. The Hall–Kier alpha value is -4.98. The van der Waals surface area contributed by atoms with Crippen LogP contribution in [0.3, 0.4) is 0 Å². The van der Waals surface area contributed by atoms with Crippen LogP contribution in [0.5, 0.6) is 11.5 Å². The zero-order chi connectivity index (χ0) is 35.7. The predicted molar refractivity (Wildman–Crippen MR) is 198 cm³/mol. The number of rotatable bonds is 20. The number of unbranched alkanes of at least 4 members (excludes halogenated alkanes) is 4. The van der Waals surface area contributed by atoms with E-state index in [4.69, 9.17) is 24.4 Å². The van der Waals surface area contributed by atoms with E-state index in [9.17, 15) is 9.59 Å². The zero-order valence-corrected chi connectivity index (χ0v) is 29.0. The molecule has 2 N–H and O–H groups in total. The fraction of sp³-hybridized carbons (Fsp3) is 0.302. The zero-order valence-electron chi connectivity index (χ0n) is 29.0. The molecule has 0 amide bonds. The van der Waals surface area contributed by atoms with Crippen LogP contribution in [0, 0.1) is 0 Å². The maximum absolute atomic E-state index is 11.8. The lowest BCUT2D eigenvalue weighted by Gasteiger charge is -2.14. The molecule has 4 rings (SSSR count). The van der Waals surface area contributed by atoms with Crippen molar-refractivity contribution in [3.63, 3.8) is 0 Å². The van der Waals surface area contributed by atoms with Gasteiger partial charge in [0.25, 0.3) is 0 Å². The third-order valence-corrected chi connectivity index (χ3v) is 8.49. The molecule has 4 aromatic rings. The molecule has 0 aromatic heterocycles. The number of carbonyl (C=O) groups excluding carboxylic acids is 2. The molecule has 7 nitrogen and oxygen atoms in total. The fourth-order valence-corrected chi connectivity index (χ4v) is 5.49. The van der Waals surface area contributed by atoms with Crippen LogP contribution in [0.2, 0.25) is 0 Å². The van der Waals surface area contributed by atoms with Crippen molar-refractivity contribution in [2.75, 3.05) is 26.4 Å². The average molecular weight is 677 g/mol. The van der Waals surface area contributed by atoms with Gasteiger partial charge in [-0.3, -0.25) is 0 Å². The van der Waals surface area contributed by atoms with Crippen LogP contribution in [0.1, 0.15) is 55.7 Å². The van der Waals surface area contributed by atoms with Gasteiger partial charge in [-0.15, -0.1) is 0 Å². The molecule has 0 bridgehead atoms. The summed E-state index contributed by atoms with van der Waals surface area (Å²) < 4.78 is 16.0. The van der Waals surface area contributed by atoms with Crippen molar-refractivity contribution in [2.24, 2.45) is 0 Å². The number of carbonyl (C=O) groups is 2. The minimum absolute atomic E-state index is 0.0183. The van der Waals surface area contributed by atoms with Gasteiger partial charge in [0.05, 0.1) is 24.4 Å². The van der Waals surface area contributed by atoms with Gasteiger partial charge in [-0.05, 0) is 88.9 Å². The first-order valence-electron chi connectivity index (χ1n) is 17.3. The summed E-state index contributed by atoms with van der Waals surface area (Å²) in [6.45, 7) is 8.61. The first-order valence-corrected chi connectivity index (χ1v) is 17.3. The van der Waals surface area contributed by atoms with Crippen molar-refractivity contribution in [2.45, 2.75) is 58.3 Å². The van der Waals surface area contributed by atoms with Crippen LogP contribution in [0.15, 0.2) is 115 Å². The SMILES string of the molecule is C=C(CO)C(=O)OCCOc1ccc(-c2ccc(-c3ccc(CCc4ccc(OC(=O)C(=C)CO)cc4)cc3)cc2CCCCCCC)cc1. The van der Waals surface area contributed by atoms with Gasteiger partial charge < -0.3 is 24.4 Å². The summed E-state index contributed by atoms with van der Waals surface area (Å²) in [6.07, 6.45) is 8.82. The Morgan fingerprint density at radius 1 is 0.600 bits per heavy atom. The van der Waals surface area contributed by atoms with Crippen molar-refractivity contribution in [3.05, 3.63) is 132 Å². The number of aliphatic hydroxyl groups is 2. The summed E-state index contributed by atoms with van der Waals surface area (Å²) in [5, 5.41) is 18.0. The Balaban J connectivity index is 1.39. The third-order valence-electron chi connectivity index (χ3n) is 8.49. The van der Waals surface area contributed by atoms with E-state index in [1.165, 1.54) is 53.5 Å². The van der Waals surface area contributed by atoms with Gasteiger partial charge in [0, 0.05) is 0 Å². The number of hydrogen-bond donors (Lipinski definition) is 2. The Bertz CT molecular complexity index is 1700. The predicted octanol–water partition coefficient (Wildman–Crippen LogP) is 8.24. The maximum atomic E-state index is 11.8. The van der Waals surface area contributed by atoms with Crippen LogP contribution in [-0.2, 0) is 33.6 Å². The van der Waals surface area contributed by atoms with Crippen LogP contribution in [0.4, 0.5) is 0 Å². The molecule has 0 aliphatic heterocycles. The molecule has 4 aromatic carbocycles. The standard InChI is InChI=1S/C43H48O7/c1-4-5-6-7-8-9-38-28-37(20-25-41(38)36-18-23-39(24-19-36)48-26-27-49-42(46)31(2)29-44)35-16-12-33(13-17-35)10-11-34-14-21-40(22-15-34)50-43(47)32(3)30-45/h12-25,28,44-45H,2-11,26-27,29-30H2,1H3. The van der Waals surface area contributed by atoms with E-state index in [0.29, 0.717) is 11.5 Å². The lowest BCUT2D eigenvalue weighted by molar-refractivity contribution is -0.140. The summed E-state index contributed by atoms with van der Waals surface area (Å²) in [4.78, 5) is 23.5. The second kappa shape index (κ2) is 19.9. The first kappa shape index (κ1) is 37.8. The monoisotopic (exact) mass is 676 g/mol. The molecule has 0 aliphatic carbocycles. The highest BCUT2D eigenvalue weighted by Crippen LogP contribution is 2.32. The fourth-order valence-electron chi connectivity index (χ4n) is 5.49. The highest BCUT2D eigenvalue weighted by atomic mass is 16.6. The van der Waals surface area contributed by atoms with E-state index < -0.39 is 25.2 Å². The number of benzene rings is 4. The van der Waals surface area contributed by atoms with Gasteiger partial charge in [0.1, 0.15) is 24.7 Å². The van der Waals surface area contributed by atoms with E-state index >= 15 is 0 Å².